The molecule has 0 saturated heterocycles. The van der Waals surface area contributed by atoms with Crippen LogP contribution >= 0.6 is 12.6 Å². The van der Waals surface area contributed by atoms with E-state index in [0.717, 1.165) is 11.4 Å². The Morgan fingerprint density at radius 1 is 1.30 bits per heavy atom. The molecule has 0 unspecified atom stereocenters. The summed E-state index contributed by atoms with van der Waals surface area (Å²) in [6.45, 7) is 3.98. The largest absolute Gasteiger partial charge is 0.258 e. The van der Waals surface area contributed by atoms with Crippen LogP contribution in [0, 0.1) is 13.8 Å². The minimum absolute atomic E-state index is 0.685. The van der Waals surface area contributed by atoms with E-state index in [4.69, 9.17) is 12.6 Å². The van der Waals surface area contributed by atoms with Crippen LogP contribution in [-0.2, 0) is 5.75 Å². The molecule has 0 atom stereocenters. The van der Waals surface area contributed by atoms with Gasteiger partial charge in [-0.2, -0.15) is 0 Å². The lowest BCUT2D eigenvalue weighted by atomic mass is 10.2. The molecule has 1 aromatic rings. The highest BCUT2D eigenvalue weighted by molar-refractivity contribution is 7.79. The number of nitrogens with zero attached hydrogens (tertiary/aromatic N) is 1. The van der Waals surface area contributed by atoms with Gasteiger partial charge in [0.25, 0.3) is 0 Å². The Bertz CT molecular complexity index is 212. The van der Waals surface area contributed by atoms with Crippen LogP contribution in [0.15, 0.2) is 12.1 Å². The molecule has 2 heteroatoms. The second-order valence-electron chi connectivity index (χ2n) is 2.40. The summed E-state index contributed by atoms with van der Waals surface area (Å²) in [7, 11) is 0. The summed E-state index contributed by atoms with van der Waals surface area (Å²) in [5.74, 6) is 0.685. The minimum atomic E-state index is 0.685. The molecule has 53 valence electrons. The Kier molecular flexibility index (Phi) is 2.33. The van der Waals surface area contributed by atoms with E-state index in [1.165, 1.54) is 5.56 Å². The Balaban J connectivity index is 3.06. The molecule has 1 radical (unpaired) electrons. The molecule has 0 spiro atoms. The van der Waals surface area contributed by atoms with Crippen LogP contribution in [0.5, 0.6) is 0 Å². The van der Waals surface area contributed by atoms with E-state index in [1.807, 2.05) is 26.0 Å². The smallest absolute Gasteiger partial charge is 0.0378 e. The van der Waals surface area contributed by atoms with Gasteiger partial charge in [0.15, 0.2) is 0 Å². The van der Waals surface area contributed by atoms with Crippen LogP contribution in [0.2, 0.25) is 0 Å². The first-order valence-electron chi connectivity index (χ1n) is 3.24. The van der Waals surface area contributed by atoms with Crippen molar-refractivity contribution in [2.45, 2.75) is 19.6 Å². The van der Waals surface area contributed by atoms with Gasteiger partial charge >= 0.3 is 0 Å². The molecule has 0 saturated carbocycles. The zero-order valence-corrected chi connectivity index (χ0v) is 7.03. The quantitative estimate of drug-likeness (QED) is 0.602. The van der Waals surface area contributed by atoms with E-state index in [2.05, 4.69) is 4.98 Å². The van der Waals surface area contributed by atoms with E-state index < -0.39 is 0 Å². The van der Waals surface area contributed by atoms with Gasteiger partial charge in [-0.05, 0) is 31.5 Å². The van der Waals surface area contributed by atoms with Gasteiger partial charge < -0.3 is 0 Å². The summed E-state index contributed by atoms with van der Waals surface area (Å²) in [5, 5.41) is 0. The van der Waals surface area contributed by atoms with Crippen molar-refractivity contribution < 1.29 is 0 Å². The van der Waals surface area contributed by atoms with Gasteiger partial charge in [-0.15, -0.1) is 0 Å². The lowest BCUT2D eigenvalue weighted by molar-refractivity contribution is 1.10. The van der Waals surface area contributed by atoms with Gasteiger partial charge in [0.1, 0.15) is 0 Å². The SMILES string of the molecule is Cc1cc(C[S])cc(C)n1. The first-order valence-corrected chi connectivity index (χ1v) is 3.82. The molecule has 0 amide bonds. The van der Waals surface area contributed by atoms with Crippen LogP contribution in [0.25, 0.3) is 0 Å². The van der Waals surface area contributed by atoms with Gasteiger partial charge in [0, 0.05) is 17.1 Å². The van der Waals surface area contributed by atoms with Crippen LogP contribution in [0.3, 0.4) is 0 Å². The summed E-state index contributed by atoms with van der Waals surface area (Å²) >= 11 is 4.91. The van der Waals surface area contributed by atoms with Crippen molar-refractivity contribution in [1.29, 1.82) is 0 Å². The molecule has 0 bridgehead atoms. The second kappa shape index (κ2) is 3.06. The number of aryl methyl sites for hydroxylation is 2. The van der Waals surface area contributed by atoms with Crippen molar-refractivity contribution in [2.24, 2.45) is 0 Å². The fourth-order valence-electron chi connectivity index (χ4n) is 1.00. The highest BCUT2D eigenvalue weighted by atomic mass is 32.1. The Labute approximate surface area is 66.9 Å². The van der Waals surface area contributed by atoms with Crippen LogP contribution in [0.1, 0.15) is 17.0 Å². The highest BCUT2D eigenvalue weighted by Crippen LogP contribution is 2.06. The van der Waals surface area contributed by atoms with Gasteiger partial charge in [-0.3, -0.25) is 4.98 Å². The molecule has 10 heavy (non-hydrogen) atoms. The Hall–Kier alpha value is -0.500. The van der Waals surface area contributed by atoms with Crippen LogP contribution in [-0.4, -0.2) is 4.98 Å². The van der Waals surface area contributed by atoms with Crippen LogP contribution < -0.4 is 0 Å². The first-order chi connectivity index (χ1) is 4.72. The number of rotatable bonds is 1. The fraction of sp³-hybridized carbons (Fsp3) is 0.375. The molecule has 1 nitrogen and oxygen atoms in total. The molecule has 0 aliphatic carbocycles. The number of pyridine rings is 1. The molecule has 0 aromatic carbocycles. The molecular weight excluding hydrogens is 142 g/mol. The topological polar surface area (TPSA) is 12.9 Å². The maximum atomic E-state index is 4.91. The predicted octanol–water partition coefficient (Wildman–Crippen LogP) is 2.40. The first kappa shape index (κ1) is 7.61. The third-order valence-corrected chi connectivity index (χ3v) is 1.64. The average molecular weight is 152 g/mol. The van der Waals surface area contributed by atoms with E-state index >= 15 is 0 Å². The zero-order chi connectivity index (χ0) is 7.56. The maximum Gasteiger partial charge on any atom is 0.0378 e. The summed E-state index contributed by atoms with van der Waals surface area (Å²) in [4.78, 5) is 4.24. The van der Waals surface area contributed by atoms with Crippen molar-refractivity contribution in [3.8, 4) is 0 Å². The van der Waals surface area contributed by atoms with E-state index in [9.17, 15) is 0 Å². The average Bonchev–Trinajstić information content (AvgIpc) is 1.85. The molecule has 1 aromatic heterocycles. The van der Waals surface area contributed by atoms with Gasteiger partial charge in [-0.25, -0.2) is 0 Å². The summed E-state index contributed by atoms with van der Waals surface area (Å²) in [6.07, 6.45) is 0. The molecule has 0 N–H and O–H groups in total. The summed E-state index contributed by atoms with van der Waals surface area (Å²) in [5.41, 5.74) is 3.31. The van der Waals surface area contributed by atoms with Crippen molar-refractivity contribution >= 4 is 12.6 Å². The maximum absolute atomic E-state index is 4.91. The molecular formula is C8H10NS. The molecule has 0 fully saturated rings. The van der Waals surface area contributed by atoms with Crippen molar-refractivity contribution in [1.82, 2.24) is 4.98 Å². The van der Waals surface area contributed by atoms with Crippen molar-refractivity contribution in [3.05, 3.63) is 29.1 Å². The molecule has 0 aliphatic rings. The fourth-order valence-corrected chi connectivity index (χ4v) is 1.17. The Morgan fingerprint density at radius 3 is 2.20 bits per heavy atom. The van der Waals surface area contributed by atoms with E-state index in [1.54, 1.807) is 0 Å². The number of hydrogen-bond donors (Lipinski definition) is 0. The minimum Gasteiger partial charge on any atom is -0.258 e. The van der Waals surface area contributed by atoms with E-state index in [-0.39, 0.29) is 0 Å². The second-order valence-corrected chi connectivity index (χ2v) is 2.69. The highest BCUT2D eigenvalue weighted by Gasteiger charge is 1.93. The summed E-state index contributed by atoms with van der Waals surface area (Å²) < 4.78 is 0. The monoisotopic (exact) mass is 152 g/mol. The lowest BCUT2D eigenvalue weighted by Crippen LogP contribution is -1.88. The lowest BCUT2D eigenvalue weighted by Gasteiger charge is -1.98. The van der Waals surface area contributed by atoms with Gasteiger partial charge in [0.2, 0.25) is 0 Å². The molecule has 1 rings (SSSR count). The van der Waals surface area contributed by atoms with Crippen molar-refractivity contribution in [3.63, 3.8) is 0 Å². The molecule has 1 heterocycles. The third kappa shape index (κ3) is 1.74. The zero-order valence-electron chi connectivity index (χ0n) is 6.22. The van der Waals surface area contributed by atoms with Gasteiger partial charge in [-0.1, -0.05) is 12.6 Å². The number of hydrogen-bond acceptors (Lipinski definition) is 1. The molecule has 0 aliphatic heterocycles. The van der Waals surface area contributed by atoms with Gasteiger partial charge in [0.05, 0.1) is 0 Å². The normalized spacial score (nSPS) is 9.90. The third-order valence-electron chi connectivity index (χ3n) is 1.31. The van der Waals surface area contributed by atoms with E-state index in [0.29, 0.717) is 5.75 Å². The van der Waals surface area contributed by atoms with Crippen molar-refractivity contribution in [2.75, 3.05) is 0 Å². The summed E-state index contributed by atoms with van der Waals surface area (Å²) in [6, 6.07) is 4.06. The van der Waals surface area contributed by atoms with Crippen LogP contribution in [0.4, 0.5) is 0 Å². The number of aromatic nitrogens is 1. The Morgan fingerprint density at radius 2 is 1.80 bits per heavy atom. The predicted molar refractivity (Wildman–Crippen MR) is 45.0 cm³/mol. The standard InChI is InChI=1S/C8H10NS/c1-6-3-8(5-10)4-7(2)9-6/h3-4H,5H2,1-2H3.